The third-order valence-corrected chi connectivity index (χ3v) is 4.97. The molecule has 4 heteroatoms. The third kappa shape index (κ3) is 1.88. The number of aryl methyl sites for hydroxylation is 1. The second-order valence-electron chi connectivity index (χ2n) is 5.29. The number of hydrogen-bond donors (Lipinski definition) is 1. The molecule has 0 saturated carbocycles. The molecule has 1 aromatic carbocycles. The van der Waals surface area contributed by atoms with Crippen LogP contribution in [0.25, 0.3) is 10.2 Å². The van der Waals surface area contributed by atoms with Crippen LogP contribution < -0.4 is 5.56 Å². The minimum absolute atomic E-state index is 0.00106. The van der Waals surface area contributed by atoms with E-state index in [1.807, 2.05) is 11.4 Å². The summed E-state index contributed by atoms with van der Waals surface area (Å²) >= 11 is 1.45. The normalized spacial score (nSPS) is 18.1. The van der Waals surface area contributed by atoms with Crippen molar-refractivity contribution in [1.29, 1.82) is 0 Å². The van der Waals surface area contributed by atoms with Crippen molar-refractivity contribution < 1.29 is 0 Å². The third-order valence-electron chi connectivity index (χ3n) is 4.07. The summed E-state index contributed by atoms with van der Waals surface area (Å²) in [5.41, 5.74) is 3.64. The first-order valence-electron chi connectivity index (χ1n) is 6.85. The highest BCUT2D eigenvalue weighted by atomic mass is 32.1. The molecule has 0 radical (unpaired) electrons. The lowest BCUT2D eigenvalue weighted by Crippen LogP contribution is -2.19. The number of aromatic nitrogens is 2. The Bertz CT molecular complexity index is 834. The molecule has 1 N–H and O–H groups in total. The molecule has 3 nitrogen and oxygen atoms in total. The molecule has 0 amide bonds. The molecule has 4 rings (SSSR count). The average Bonchev–Trinajstić information content (AvgIpc) is 2.96. The molecular weight excluding hydrogens is 268 g/mol. The number of thiophene rings is 1. The van der Waals surface area contributed by atoms with Gasteiger partial charge in [-0.1, -0.05) is 24.3 Å². The molecule has 1 atom stereocenters. The Hall–Kier alpha value is -1.94. The molecule has 0 spiro atoms. The molecule has 3 aromatic rings. The summed E-state index contributed by atoms with van der Waals surface area (Å²) in [6.45, 7) is 0. The average molecular weight is 282 g/mol. The topological polar surface area (TPSA) is 45.8 Å². The quantitative estimate of drug-likeness (QED) is 0.744. The smallest absolute Gasteiger partial charge is 0.268 e. The summed E-state index contributed by atoms with van der Waals surface area (Å²) < 4.78 is 0.727. The maximum Gasteiger partial charge on any atom is 0.268 e. The molecule has 100 valence electrons. The molecule has 20 heavy (non-hydrogen) atoms. The zero-order valence-corrected chi connectivity index (χ0v) is 11.7. The Morgan fingerprint density at radius 2 is 2.05 bits per heavy atom. The second kappa shape index (κ2) is 4.56. The van der Waals surface area contributed by atoms with Crippen LogP contribution in [0.4, 0.5) is 0 Å². The number of H-pyrrole nitrogens is 1. The fraction of sp³-hybridized carbons (Fsp3) is 0.250. The molecule has 0 fully saturated rings. The number of aromatic amines is 1. The van der Waals surface area contributed by atoms with Crippen LogP contribution >= 0.6 is 11.3 Å². The first-order chi connectivity index (χ1) is 9.81. The largest absolute Gasteiger partial charge is 0.309 e. The van der Waals surface area contributed by atoms with Gasteiger partial charge in [0.25, 0.3) is 5.56 Å². The summed E-state index contributed by atoms with van der Waals surface area (Å²) in [6.07, 6.45) is 3.08. The van der Waals surface area contributed by atoms with Crippen LogP contribution in [0.3, 0.4) is 0 Å². The SMILES string of the molecule is O=c1[nH]c(C2CCc3ccccc3C2)nc2ccsc12. The standard InChI is InChI=1S/C16H14N2OS/c19-16-14-13(7-8-20-14)17-15(18-16)12-6-5-10-3-1-2-4-11(10)9-12/h1-4,7-8,12H,5-6,9H2,(H,17,18,19). The summed E-state index contributed by atoms with van der Waals surface area (Å²) in [6, 6.07) is 10.5. The van der Waals surface area contributed by atoms with Gasteiger partial charge in [-0.25, -0.2) is 4.98 Å². The van der Waals surface area contributed by atoms with Crippen LogP contribution in [-0.2, 0) is 12.8 Å². The Kier molecular flexibility index (Phi) is 2.70. The monoisotopic (exact) mass is 282 g/mol. The van der Waals surface area contributed by atoms with Crippen molar-refractivity contribution >= 4 is 21.6 Å². The van der Waals surface area contributed by atoms with Gasteiger partial charge in [-0.15, -0.1) is 11.3 Å². The molecule has 2 aromatic heterocycles. The summed E-state index contributed by atoms with van der Waals surface area (Å²) in [5, 5.41) is 1.92. The van der Waals surface area contributed by atoms with Crippen LogP contribution in [0.1, 0.15) is 29.3 Å². The van der Waals surface area contributed by atoms with E-state index >= 15 is 0 Å². The van der Waals surface area contributed by atoms with Crippen molar-refractivity contribution in [3.63, 3.8) is 0 Å². The van der Waals surface area contributed by atoms with Crippen LogP contribution in [0, 0.1) is 0 Å². The molecule has 0 bridgehead atoms. The Balaban J connectivity index is 1.75. The van der Waals surface area contributed by atoms with Gasteiger partial charge in [0.1, 0.15) is 10.5 Å². The van der Waals surface area contributed by atoms with Crippen molar-refractivity contribution in [2.45, 2.75) is 25.2 Å². The molecule has 1 aliphatic rings. The van der Waals surface area contributed by atoms with Gasteiger partial charge in [0.2, 0.25) is 0 Å². The minimum Gasteiger partial charge on any atom is -0.309 e. The second-order valence-corrected chi connectivity index (χ2v) is 6.21. The van der Waals surface area contributed by atoms with E-state index in [4.69, 9.17) is 0 Å². The number of fused-ring (bicyclic) bond motifs is 2. The molecular formula is C16H14N2OS. The molecule has 1 aliphatic carbocycles. The molecule has 0 saturated heterocycles. The van der Waals surface area contributed by atoms with Crippen LogP contribution in [0.5, 0.6) is 0 Å². The summed E-state index contributed by atoms with van der Waals surface area (Å²) in [5.74, 6) is 1.16. The van der Waals surface area contributed by atoms with E-state index in [0.717, 1.165) is 35.3 Å². The lowest BCUT2D eigenvalue weighted by atomic mass is 9.83. The lowest BCUT2D eigenvalue weighted by molar-refractivity contribution is 0.556. The maximum atomic E-state index is 12.1. The lowest BCUT2D eigenvalue weighted by Gasteiger charge is -2.23. The first kappa shape index (κ1) is 11.9. The van der Waals surface area contributed by atoms with E-state index in [9.17, 15) is 4.79 Å². The van der Waals surface area contributed by atoms with E-state index in [0.29, 0.717) is 5.92 Å². The van der Waals surface area contributed by atoms with Gasteiger partial charge >= 0.3 is 0 Å². The molecule has 2 heterocycles. The van der Waals surface area contributed by atoms with Crippen LogP contribution in [0.2, 0.25) is 0 Å². The number of hydrogen-bond acceptors (Lipinski definition) is 3. The van der Waals surface area contributed by atoms with Crippen molar-refractivity contribution in [3.05, 3.63) is 63.0 Å². The van der Waals surface area contributed by atoms with E-state index in [1.54, 1.807) is 0 Å². The molecule has 0 aliphatic heterocycles. The van der Waals surface area contributed by atoms with Gasteiger partial charge in [-0.05, 0) is 41.8 Å². The maximum absolute atomic E-state index is 12.1. The van der Waals surface area contributed by atoms with E-state index in [2.05, 4.69) is 34.2 Å². The number of nitrogens with zero attached hydrogens (tertiary/aromatic N) is 1. The zero-order chi connectivity index (χ0) is 13.5. The molecule has 1 unspecified atom stereocenters. The van der Waals surface area contributed by atoms with Gasteiger partial charge < -0.3 is 4.98 Å². The minimum atomic E-state index is -0.00106. The van der Waals surface area contributed by atoms with Gasteiger partial charge in [0.15, 0.2) is 0 Å². The van der Waals surface area contributed by atoms with E-state index in [-0.39, 0.29) is 5.56 Å². The highest BCUT2D eigenvalue weighted by Crippen LogP contribution is 2.31. The van der Waals surface area contributed by atoms with Crippen molar-refractivity contribution in [3.8, 4) is 0 Å². The Labute approximate surface area is 120 Å². The highest BCUT2D eigenvalue weighted by molar-refractivity contribution is 7.17. The van der Waals surface area contributed by atoms with Gasteiger partial charge in [-0.2, -0.15) is 0 Å². The van der Waals surface area contributed by atoms with Gasteiger partial charge in [0, 0.05) is 5.92 Å². The summed E-state index contributed by atoms with van der Waals surface area (Å²) in [7, 11) is 0. The Morgan fingerprint density at radius 1 is 1.20 bits per heavy atom. The van der Waals surface area contributed by atoms with Crippen molar-refractivity contribution in [2.24, 2.45) is 0 Å². The van der Waals surface area contributed by atoms with E-state index < -0.39 is 0 Å². The fourth-order valence-electron chi connectivity index (χ4n) is 3.02. The summed E-state index contributed by atoms with van der Waals surface area (Å²) in [4.78, 5) is 19.7. The number of rotatable bonds is 1. The predicted octanol–water partition coefficient (Wildman–Crippen LogP) is 3.26. The van der Waals surface area contributed by atoms with Gasteiger partial charge in [-0.3, -0.25) is 4.79 Å². The fourth-order valence-corrected chi connectivity index (χ4v) is 3.74. The zero-order valence-electron chi connectivity index (χ0n) is 10.9. The van der Waals surface area contributed by atoms with Crippen LogP contribution in [-0.4, -0.2) is 9.97 Å². The van der Waals surface area contributed by atoms with E-state index in [1.165, 1.54) is 22.5 Å². The number of benzene rings is 1. The highest BCUT2D eigenvalue weighted by Gasteiger charge is 2.22. The first-order valence-corrected chi connectivity index (χ1v) is 7.73. The van der Waals surface area contributed by atoms with Gasteiger partial charge in [0.05, 0.1) is 5.52 Å². The predicted molar refractivity (Wildman–Crippen MR) is 81.4 cm³/mol. The number of nitrogens with one attached hydrogen (secondary N) is 1. The Morgan fingerprint density at radius 3 is 2.95 bits per heavy atom. The van der Waals surface area contributed by atoms with Crippen molar-refractivity contribution in [1.82, 2.24) is 9.97 Å². The van der Waals surface area contributed by atoms with Crippen LogP contribution in [0.15, 0.2) is 40.5 Å². The van der Waals surface area contributed by atoms with Crippen molar-refractivity contribution in [2.75, 3.05) is 0 Å².